The molecule has 19 heavy (non-hydrogen) atoms. The van der Waals surface area contributed by atoms with Crippen molar-refractivity contribution in [3.63, 3.8) is 0 Å². The number of aliphatic hydroxyl groups is 1. The van der Waals surface area contributed by atoms with Gasteiger partial charge in [0.15, 0.2) is 0 Å². The number of benzene rings is 1. The fourth-order valence-electron chi connectivity index (χ4n) is 2.83. The van der Waals surface area contributed by atoms with Crippen LogP contribution in [0.2, 0.25) is 0 Å². The highest BCUT2D eigenvalue weighted by atomic mass is 19.1. The van der Waals surface area contributed by atoms with Crippen LogP contribution in [0.15, 0.2) is 24.5 Å². The van der Waals surface area contributed by atoms with Crippen molar-refractivity contribution in [2.45, 2.75) is 38.3 Å². The van der Waals surface area contributed by atoms with E-state index in [9.17, 15) is 9.50 Å². The van der Waals surface area contributed by atoms with Gasteiger partial charge in [-0.05, 0) is 43.0 Å². The number of hydrogen-bond donors (Lipinski definition) is 1. The molecule has 0 spiro atoms. The molecule has 0 amide bonds. The number of hydrogen-bond acceptors (Lipinski definition) is 3. The van der Waals surface area contributed by atoms with E-state index in [0.717, 1.165) is 23.5 Å². The standard InChI is InChI=1S/C14H16FN3O/c1-2-18-13(16-9-17-18)8-14(19)6-5-10-7-11(15)3-4-12(10)14/h3-4,7,9,19H,2,5-6,8H2,1H3. The van der Waals surface area contributed by atoms with Gasteiger partial charge in [-0.2, -0.15) is 5.10 Å². The average Bonchev–Trinajstić information content (AvgIpc) is 2.95. The first-order chi connectivity index (χ1) is 9.12. The lowest BCUT2D eigenvalue weighted by Crippen LogP contribution is -2.27. The van der Waals surface area contributed by atoms with Gasteiger partial charge < -0.3 is 5.11 Å². The molecule has 1 aromatic carbocycles. The molecule has 3 rings (SSSR count). The number of aryl methyl sites for hydroxylation is 2. The van der Waals surface area contributed by atoms with Gasteiger partial charge in [-0.3, -0.25) is 4.68 Å². The highest BCUT2D eigenvalue weighted by molar-refractivity contribution is 5.38. The van der Waals surface area contributed by atoms with Crippen LogP contribution in [-0.4, -0.2) is 19.9 Å². The molecule has 100 valence electrons. The normalized spacial score (nSPS) is 21.6. The summed E-state index contributed by atoms with van der Waals surface area (Å²) >= 11 is 0. The van der Waals surface area contributed by atoms with Gasteiger partial charge >= 0.3 is 0 Å². The van der Waals surface area contributed by atoms with Gasteiger partial charge in [0, 0.05) is 13.0 Å². The van der Waals surface area contributed by atoms with Crippen LogP contribution in [0.5, 0.6) is 0 Å². The van der Waals surface area contributed by atoms with E-state index in [1.807, 2.05) is 6.92 Å². The minimum Gasteiger partial charge on any atom is -0.385 e. The topological polar surface area (TPSA) is 50.9 Å². The molecule has 0 aliphatic heterocycles. The van der Waals surface area contributed by atoms with Crippen molar-refractivity contribution in [2.75, 3.05) is 0 Å². The van der Waals surface area contributed by atoms with Crippen molar-refractivity contribution < 1.29 is 9.50 Å². The van der Waals surface area contributed by atoms with Crippen molar-refractivity contribution >= 4 is 0 Å². The second kappa shape index (κ2) is 4.42. The largest absolute Gasteiger partial charge is 0.385 e. The third-order valence-corrected chi connectivity index (χ3v) is 3.82. The summed E-state index contributed by atoms with van der Waals surface area (Å²) in [7, 11) is 0. The molecule has 0 bridgehead atoms. The second-order valence-corrected chi connectivity index (χ2v) is 5.00. The minimum atomic E-state index is -0.955. The Labute approximate surface area is 110 Å². The highest BCUT2D eigenvalue weighted by Crippen LogP contribution is 2.39. The summed E-state index contributed by atoms with van der Waals surface area (Å²) in [6, 6.07) is 4.60. The third-order valence-electron chi connectivity index (χ3n) is 3.82. The zero-order chi connectivity index (χ0) is 13.5. The van der Waals surface area contributed by atoms with E-state index in [1.54, 1.807) is 10.7 Å². The van der Waals surface area contributed by atoms with E-state index >= 15 is 0 Å². The quantitative estimate of drug-likeness (QED) is 0.916. The SMILES string of the molecule is CCn1ncnc1CC1(O)CCc2cc(F)ccc21. The van der Waals surface area contributed by atoms with Crippen LogP contribution in [0.3, 0.4) is 0 Å². The predicted octanol–water partition coefficient (Wildman–Crippen LogP) is 1.81. The first-order valence-electron chi connectivity index (χ1n) is 6.50. The lowest BCUT2D eigenvalue weighted by Gasteiger charge is -2.23. The minimum absolute atomic E-state index is 0.250. The van der Waals surface area contributed by atoms with Crippen molar-refractivity contribution in [2.24, 2.45) is 0 Å². The summed E-state index contributed by atoms with van der Waals surface area (Å²) < 4.78 is 15.0. The Balaban J connectivity index is 1.94. The van der Waals surface area contributed by atoms with Crippen molar-refractivity contribution in [1.82, 2.24) is 14.8 Å². The summed E-state index contributed by atoms with van der Waals surface area (Å²) in [5.41, 5.74) is 0.757. The summed E-state index contributed by atoms with van der Waals surface area (Å²) in [4.78, 5) is 4.20. The predicted molar refractivity (Wildman–Crippen MR) is 68.0 cm³/mol. The maximum Gasteiger partial charge on any atom is 0.138 e. The molecule has 4 nitrogen and oxygen atoms in total. The molecule has 0 saturated carbocycles. The summed E-state index contributed by atoms with van der Waals surface area (Å²) in [5, 5.41) is 14.9. The van der Waals surface area contributed by atoms with E-state index in [4.69, 9.17) is 0 Å². The Hall–Kier alpha value is -1.75. The van der Waals surface area contributed by atoms with Gasteiger partial charge in [-0.1, -0.05) is 6.07 Å². The van der Waals surface area contributed by atoms with Gasteiger partial charge in [0.1, 0.15) is 18.0 Å². The molecule has 0 fully saturated rings. The summed E-state index contributed by atoms with van der Waals surface area (Å²) in [5.74, 6) is 0.516. The van der Waals surface area contributed by atoms with Crippen molar-refractivity contribution in [1.29, 1.82) is 0 Å². The molecule has 1 atom stereocenters. The van der Waals surface area contributed by atoms with E-state index in [0.29, 0.717) is 19.3 Å². The van der Waals surface area contributed by atoms with E-state index < -0.39 is 5.60 Å². The lowest BCUT2D eigenvalue weighted by atomic mass is 9.92. The molecule has 1 heterocycles. The van der Waals surface area contributed by atoms with Gasteiger partial charge in [-0.15, -0.1) is 0 Å². The zero-order valence-electron chi connectivity index (χ0n) is 10.8. The summed E-state index contributed by atoms with van der Waals surface area (Å²) in [6.07, 6.45) is 3.22. The number of halogens is 1. The molecule has 5 heteroatoms. The lowest BCUT2D eigenvalue weighted by molar-refractivity contribution is 0.0358. The molecule has 1 unspecified atom stereocenters. The first-order valence-corrected chi connectivity index (χ1v) is 6.50. The van der Waals surface area contributed by atoms with Crippen LogP contribution < -0.4 is 0 Å². The van der Waals surface area contributed by atoms with Gasteiger partial charge in [0.05, 0.1) is 5.60 Å². The van der Waals surface area contributed by atoms with Gasteiger partial charge in [0.2, 0.25) is 0 Å². The highest BCUT2D eigenvalue weighted by Gasteiger charge is 2.38. The maximum absolute atomic E-state index is 13.2. The first kappa shape index (κ1) is 12.3. The Morgan fingerprint density at radius 3 is 3.11 bits per heavy atom. The van der Waals surface area contributed by atoms with Gasteiger partial charge in [0.25, 0.3) is 0 Å². The molecule has 2 aromatic rings. The number of nitrogens with zero attached hydrogens (tertiary/aromatic N) is 3. The summed E-state index contributed by atoms with van der Waals surface area (Å²) in [6.45, 7) is 2.71. The maximum atomic E-state index is 13.2. The molecule has 0 saturated heterocycles. The fourth-order valence-corrected chi connectivity index (χ4v) is 2.83. The monoisotopic (exact) mass is 261 g/mol. The van der Waals surface area contributed by atoms with E-state index in [1.165, 1.54) is 18.5 Å². The molecular formula is C14H16FN3O. The number of rotatable bonds is 3. The van der Waals surface area contributed by atoms with Crippen LogP contribution >= 0.6 is 0 Å². The molecule has 1 aromatic heterocycles. The Bertz CT molecular complexity index is 610. The smallest absolute Gasteiger partial charge is 0.138 e. The van der Waals surface area contributed by atoms with Gasteiger partial charge in [-0.25, -0.2) is 9.37 Å². The van der Waals surface area contributed by atoms with E-state index in [-0.39, 0.29) is 5.82 Å². The molecule has 1 aliphatic rings. The van der Waals surface area contributed by atoms with Crippen LogP contribution in [0.4, 0.5) is 4.39 Å². The zero-order valence-corrected chi connectivity index (χ0v) is 10.8. The van der Waals surface area contributed by atoms with Crippen LogP contribution in [0, 0.1) is 5.82 Å². The Morgan fingerprint density at radius 2 is 2.32 bits per heavy atom. The Kier molecular flexibility index (Phi) is 2.86. The number of aromatic nitrogens is 3. The molecule has 1 aliphatic carbocycles. The number of fused-ring (bicyclic) bond motifs is 1. The van der Waals surface area contributed by atoms with Crippen LogP contribution in [-0.2, 0) is 25.0 Å². The fraction of sp³-hybridized carbons (Fsp3) is 0.429. The van der Waals surface area contributed by atoms with Crippen LogP contribution in [0.25, 0.3) is 0 Å². The molecule has 0 radical (unpaired) electrons. The van der Waals surface area contributed by atoms with Crippen molar-refractivity contribution in [3.8, 4) is 0 Å². The average molecular weight is 261 g/mol. The molecule has 1 N–H and O–H groups in total. The third kappa shape index (κ3) is 2.04. The Morgan fingerprint density at radius 1 is 1.47 bits per heavy atom. The van der Waals surface area contributed by atoms with Crippen molar-refractivity contribution in [3.05, 3.63) is 47.3 Å². The molecular weight excluding hydrogens is 245 g/mol. The van der Waals surface area contributed by atoms with Crippen LogP contribution in [0.1, 0.15) is 30.3 Å². The van der Waals surface area contributed by atoms with E-state index in [2.05, 4.69) is 10.1 Å². The second-order valence-electron chi connectivity index (χ2n) is 5.00.